The molecule has 0 fully saturated rings. The highest BCUT2D eigenvalue weighted by Crippen LogP contribution is 2.14. The number of halogens is 1. The van der Waals surface area contributed by atoms with Gasteiger partial charge in [-0.1, -0.05) is 74.7 Å². The molecule has 0 aliphatic rings. The number of rotatable bonds is 14. The van der Waals surface area contributed by atoms with Gasteiger partial charge in [-0.15, -0.1) is 0 Å². The van der Waals surface area contributed by atoms with Crippen molar-refractivity contribution >= 4 is 21.9 Å². The van der Waals surface area contributed by atoms with E-state index in [-0.39, 0.29) is 12.1 Å². The molecular weight excluding hydrogens is 316 g/mol. The number of esters is 1. The standard InChI is InChI=1S/C17H33BrO2/c1-3-5-12-16(13-6-4-2)20-17(19)14-10-8-7-9-11-15-18/h16H,3-15H2,1-2H3. The van der Waals surface area contributed by atoms with Gasteiger partial charge in [0.1, 0.15) is 6.10 Å². The van der Waals surface area contributed by atoms with Crippen molar-refractivity contribution in [3.63, 3.8) is 0 Å². The van der Waals surface area contributed by atoms with Crippen LogP contribution in [0.4, 0.5) is 0 Å². The van der Waals surface area contributed by atoms with E-state index in [0.717, 1.165) is 43.9 Å². The van der Waals surface area contributed by atoms with Crippen molar-refractivity contribution in [1.82, 2.24) is 0 Å². The van der Waals surface area contributed by atoms with Crippen molar-refractivity contribution in [2.45, 2.75) is 97.0 Å². The van der Waals surface area contributed by atoms with E-state index in [2.05, 4.69) is 29.8 Å². The summed E-state index contributed by atoms with van der Waals surface area (Å²) in [5, 5.41) is 1.09. The number of alkyl halides is 1. The third-order valence-electron chi connectivity index (χ3n) is 3.57. The Morgan fingerprint density at radius 3 is 2.00 bits per heavy atom. The Balaban J connectivity index is 3.70. The lowest BCUT2D eigenvalue weighted by atomic mass is 10.1. The van der Waals surface area contributed by atoms with Gasteiger partial charge in [-0.2, -0.15) is 0 Å². The fourth-order valence-corrected chi connectivity index (χ4v) is 2.66. The van der Waals surface area contributed by atoms with Crippen molar-refractivity contribution in [2.24, 2.45) is 0 Å². The summed E-state index contributed by atoms with van der Waals surface area (Å²) >= 11 is 3.44. The van der Waals surface area contributed by atoms with Crippen LogP contribution in [0, 0.1) is 0 Å². The van der Waals surface area contributed by atoms with Crippen LogP contribution in [0.2, 0.25) is 0 Å². The minimum Gasteiger partial charge on any atom is -0.462 e. The van der Waals surface area contributed by atoms with Crippen molar-refractivity contribution in [2.75, 3.05) is 5.33 Å². The lowest BCUT2D eigenvalue weighted by Gasteiger charge is -2.17. The highest BCUT2D eigenvalue weighted by atomic mass is 79.9. The Labute approximate surface area is 134 Å². The van der Waals surface area contributed by atoms with Crippen LogP contribution in [0.1, 0.15) is 90.9 Å². The van der Waals surface area contributed by atoms with Gasteiger partial charge in [0.15, 0.2) is 0 Å². The molecule has 0 amide bonds. The quantitative estimate of drug-likeness (QED) is 0.218. The van der Waals surface area contributed by atoms with E-state index in [1.165, 1.54) is 32.1 Å². The van der Waals surface area contributed by atoms with Crippen molar-refractivity contribution in [1.29, 1.82) is 0 Å². The van der Waals surface area contributed by atoms with Gasteiger partial charge in [0.2, 0.25) is 0 Å². The summed E-state index contributed by atoms with van der Waals surface area (Å²) in [6.07, 6.45) is 13.4. The van der Waals surface area contributed by atoms with Crippen LogP contribution in [0.5, 0.6) is 0 Å². The summed E-state index contributed by atoms with van der Waals surface area (Å²) in [5.41, 5.74) is 0. The molecule has 0 spiro atoms. The van der Waals surface area contributed by atoms with Gasteiger partial charge in [-0.3, -0.25) is 4.79 Å². The van der Waals surface area contributed by atoms with Crippen molar-refractivity contribution < 1.29 is 9.53 Å². The molecule has 0 atom stereocenters. The average molecular weight is 349 g/mol. The molecule has 0 saturated carbocycles. The first kappa shape index (κ1) is 19.9. The van der Waals surface area contributed by atoms with Crippen molar-refractivity contribution in [3.8, 4) is 0 Å². The van der Waals surface area contributed by atoms with Crippen LogP contribution in [-0.4, -0.2) is 17.4 Å². The average Bonchev–Trinajstić information content (AvgIpc) is 2.45. The number of hydrogen-bond donors (Lipinski definition) is 0. The summed E-state index contributed by atoms with van der Waals surface area (Å²) in [6, 6.07) is 0. The molecule has 120 valence electrons. The maximum Gasteiger partial charge on any atom is 0.306 e. The van der Waals surface area contributed by atoms with Gasteiger partial charge in [0, 0.05) is 11.8 Å². The molecule has 0 bridgehead atoms. The number of unbranched alkanes of at least 4 members (excludes halogenated alkanes) is 6. The Kier molecular flexibility index (Phi) is 15.3. The lowest BCUT2D eigenvalue weighted by molar-refractivity contribution is -0.150. The van der Waals surface area contributed by atoms with Gasteiger partial charge >= 0.3 is 5.97 Å². The summed E-state index contributed by atoms with van der Waals surface area (Å²) in [7, 11) is 0. The molecule has 0 aromatic rings. The molecular formula is C17H33BrO2. The highest BCUT2D eigenvalue weighted by Gasteiger charge is 2.13. The van der Waals surface area contributed by atoms with Crippen LogP contribution in [0.15, 0.2) is 0 Å². The zero-order valence-electron chi connectivity index (χ0n) is 13.5. The first-order chi connectivity index (χ1) is 9.74. The molecule has 3 heteroatoms. The van der Waals surface area contributed by atoms with Gasteiger partial charge in [0.05, 0.1) is 0 Å². The molecule has 0 heterocycles. The first-order valence-electron chi connectivity index (χ1n) is 8.50. The second-order valence-electron chi connectivity index (χ2n) is 5.60. The van der Waals surface area contributed by atoms with E-state index in [4.69, 9.17) is 4.74 Å². The van der Waals surface area contributed by atoms with Crippen LogP contribution in [-0.2, 0) is 9.53 Å². The monoisotopic (exact) mass is 348 g/mol. The van der Waals surface area contributed by atoms with Crippen LogP contribution in [0.3, 0.4) is 0 Å². The van der Waals surface area contributed by atoms with Crippen LogP contribution < -0.4 is 0 Å². The van der Waals surface area contributed by atoms with E-state index >= 15 is 0 Å². The molecule has 0 rings (SSSR count). The molecule has 20 heavy (non-hydrogen) atoms. The Bertz CT molecular complexity index is 211. The second kappa shape index (κ2) is 15.3. The molecule has 2 nitrogen and oxygen atoms in total. The molecule has 0 saturated heterocycles. The summed E-state index contributed by atoms with van der Waals surface area (Å²) in [4.78, 5) is 11.8. The maximum atomic E-state index is 11.8. The van der Waals surface area contributed by atoms with Crippen molar-refractivity contribution in [3.05, 3.63) is 0 Å². The minimum atomic E-state index is 0.0164. The van der Waals surface area contributed by atoms with Gasteiger partial charge in [-0.05, 0) is 25.7 Å². The Morgan fingerprint density at radius 2 is 1.45 bits per heavy atom. The van der Waals surface area contributed by atoms with E-state index in [0.29, 0.717) is 6.42 Å². The zero-order chi connectivity index (χ0) is 15.1. The fraction of sp³-hybridized carbons (Fsp3) is 0.941. The topological polar surface area (TPSA) is 26.3 Å². The second-order valence-corrected chi connectivity index (χ2v) is 6.40. The Morgan fingerprint density at radius 1 is 0.900 bits per heavy atom. The summed E-state index contributed by atoms with van der Waals surface area (Å²) in [6.45, 7) is 4.37. The fourth-order valence-electron chi connectivity index (χ4n) is 2.26. The van der Waals surface area contributed by atoms with Gasteiger partial charge in [0.25, 0.3) is 0 Å². The molecule has 0 aromatic heterocycles. The number of carbonyl (C=O) groups is 1. The third kappa shape index (κ3) is 13.0. The van der Waals surface area contributed by atoms with Gasteiger partial charge in [-0.25, -0.2) is 0 Å². The lowest BCUT2D eigenvalue weighted by Crippen LogP contribution is -2.18. The van der Waals surface area contributed by atoms with E-state index in [1.54, 1.807) is 0 Å². The molecule has 0 aliphatic carbocycles. The summed E-state index contributed by atoms with van der Waals surface area (Å²) in [5.74, 6) is 0.0164. The molecule has 0 N–H and O–H groups in total. The molecule has 0 unspecified atom stereocenters. The third-order valence-corrected chi connectivity index (χ3v) is 4.13. The zero-order valence-corrected chi connectivity index (χ0v) is 15.1. The number of carbonyl (C=O) groups excluding carboxylic acids is 1. The highest BCUT2D eigenvalue weighted by molar-refractivity contribution is 9.09. The van der Waals surface area contributed by atoms with Gasteiger partial charge < -0.3 is 4.74 Å². The minimum absolute atomic E-state index is 0.0164. The first-order valence-corrected chi connectivity index (χ1v) is 9.62. The van der Waals surface area contributed by atoms with Crippen LogP contribution in [0.25, 0.3) is 0 Å². The SMILES string of the molecule is CCCCC(CCCC)OC(=O)CCCCCCCBr. The Hall–Kier alpha value is -0.0500. The predicted octanol–water partition coefficient (Wildman–Crippen LogP) is 6.01. The normalized spacial score (nSPS) is 11.0. The van der Waals surface area contributed by atoms with E-state index in [9.17, 15) is 4.79 Å². The molecule has 0 aromatic carbocycles. The maximum absolute atomic E-state index is 11.8. The molecule has 0 radical (unpaired) electrons. The predicted molar refractivity (Wildman–Crippen MR) is 90.4 cm³/mol. The largest absolute Gasteiger partial charge is 0.462 e. The number of ether oxygens (including phenoxy) is 1. The van der Waals surface area contributed by atoms with E-state index < -0.39 is 0 Å². The number of hydrogen-bond acceptors (Lipinski definition) is 2. The molecule has 0 aliphatic heterocycles. The summed E-state index contributed by atoms with van der Waals surface area (Å²) < 4.78 is 5.64. The van der Waals surface area contributed by atoms with E-state index in [1.807, 2.05) is 0 Å². The van der Waals surface area contributed by atoms with Crippen LogP contribution >= 0.6 is 15.9 Å². The smallest absolute Gasteiger partial charge is 0.306 e.